The zero-order valence-electron chi connectivity index (χ0n) is 19.5. The van der Waals surface area contributed by atoms with Crippen LogP contribution >= 0.6 is 0 Å². The zero-order chi connectivity index (χ0) is 21.9. The van der Waals surface area contributed by atoms with Gasteiger partial charge in [-0.3, -0.25) is 0 Å². The molecule has 0 saturated heterocycles. The normalized spacial score (nSPS) is 24.6. The van der Waals surface area contributed by atoms with Crippen LogP contribution in [0.4, 0.5) is 0 Å². The first kappa shape index (κ1) is 26.0. The monoisotopic (exact) mass is 406 g/mol. The quantitative estimate of drug-likeness (QED) is 0.276. The maximum Gasteiger partial charge on any atom is 0.154 e. The Balaban J connectivity index is 2.20. The van der Waals surface area contributed by atoms with Gasteiger partial charge in [-0.25, -0.2) is 0 Å². The molecule has 1 aliphatic rings. The van der Waals surface area contributed by atoms with E-state index in [2.05, 4.69) is 34.6 Å². The molecule has 1 rings (SSSR count). The summed E-state index contributed by atoms with van der Waals surface area (Å²) in [6.07, 6.45) is 17.1. The Morgan fingerprint density at radius 3 is 2.10 bits per heavy atom. The van der Waals surface area contributed by atoms with Gasteiger partial charge in [-0.15, -0.1) is 0 Å². The van der Waals surface area contributed by atoms with E-state index in [0.717, 1.165) is 30.6 Å². The van der Waals surface area contributed by atoms with Crippen LogP contribution in [0.3, 0.4) is 0 Å². The van der Waals surface area contributed by atoms with Crippen LogP contribution in [0.2, 0.25) is 0 Å². The van der Waals surface area contributed by atoms with Crippen molar-refractivity contribution in [3.63, 3.8) is 0 Å². The molecule has 3 heteroatoms. The van der Waals surface area contributed by atoms with E-state index in [4.69, 9.17) is 0 Å². The third kappa shape index (κ3) is 10.00. The fourth-order valence-corrected chi connectivity index (χ4v) is 4.07. The minimum atomic E-state index is -1.59. The number of allylic oxidation sites excluding steroid dienone is 3. The SMILES string of the molecule is C/C(=C\CC1(O)C(O)=CC=CC1O)CCCC(C)CCCC(C)CCCC(C)C. The van der Waals surface area contributed by atoms with Crippen molar-refractivity contribution < 1.29 is 15.3 Å². The van der Waals surface area contributed by atoms with Crippen molar-refractivity contribution in [2.45, 2.75) is 111 Å². The summed E-state index contributed by atoms with van der Waals surface area (Å²) < 4.78 is 0. The molecule has 0 aromatic heterocycles. The number of hydrogen-bond donors (Lipinski definition) is 3. The smallest absolute Gasteiger partial charge is 0.154 e. The van der Waals surface area contributed by atoms with E-state index in [9.17, 15) is 15.3 Å². The van der Waals surface area contributed by atoms with Gasteiger partial charge in [0.2, 0.25) is 0 Å². The topological polar surface area (TPSA) is 60.7 Å². The van der Waals surface area contributed by atoms with Crippen molar-refractivity contribution in [3.8, 4) is 0 Å². The summed E-state index contributed by atoms with van der Waals surface area (Å²) in [4.78, 5) is 0. The second-order valence-corrected chi connectivity index (χ2v) is 9.92. The Morgan fingerprint density at radius 1 is 1.00 bits per heavy atom. The molecule has 0 spiro atoms. The molecule has 1 aliphatic carbocycles. The van der Waals surface area contributed by atoms with Gasteiger partial charge < -0.3 is 15.3 Å². The van der Waals surface area contributed by atoms with Crippen molar-refractivity contribution >= 4 is 0 Å². The molecule has 0 fully saturated rings. The van der Waals surface area contributed by atoms with Crippen LogP contribution in [-0.2, 0) is 0 Å². The minimum absolute atomic E-state index is 0.163. The lowest BCUT2D eigenvalue weighted by Gasteiger charge is -2.31. The molecule has 0 aromatic carbocycles. The standard InChI is InChI=1S/C26H46O3/c1-20(2)10-6-11-21(3)12-7-13-22(4)14-8-15-23(5)18-19-26(29)24(27)16-9-17-25(26)28/h9,16-18,20-22,24,27-29H,6-8,10-15,19H2,1-5H3/b23-18+. The molecule has 0 aliphatic heterocycles. The van der Waals surface area contributed by atoms with E-state index in [1.807, 2.05) is 6.08 Å². The van der Waals surface area contributed by atoms with Gasteiger partial charge in [-0.1, -0.05) is 96.4 Å². The minimum Gasteiger partial charge on any atom is -0.509 e. The number of rotatable bonds is 14. The summed E-state index contributed by atoms with van der Waals surface area (Å²) in [5, 5.41) is 30.4. The molecule has 4 atom stereocenters. The summed E-state index contributed by atoms with van der Waals surface area (Å²) in [5.41, 5.74) is -0.381. The average molecular weight is 407 g/mol. The predicted octanol–water partition coefficient (Wildman–Crippen LogP) is 6.87. The number of hydrogen-bond acceptors (Lipinski definition) is 3. The van der Waals surface area contributed by atoms with Crippen LogP contribution < -0.4 is 0 Å². The van der Waals surface area contributed by atoms with E-state index >= 15 is 0 Å². The molecule has 0 aromatic rings. The second-order valence-electron chi connectivity index (χ2n) is 9.92. The summed E-state index contributed by atoms with van der Waals surface area (Å²) in [6, 6.07) is 0. The van der Waals surface area contributed by atoms with Crippen LogP contribution in [0.25, 0.3) is 0 Å². The molecular weight excluding hydrogens is 360 g/mol. The Labute approximate surface area is 179 Å². The van der Waals surface area contributed by atoms with E-state index in [-0.39, 0.29) is 12.2 Å². The molecule has 168 valence electrons. The van der Waals surface area contributed by atoms with Crippen LogP contribution in [0.15, 0.2) is 35.6 Å². The third-order valence-corrected chi connectivity index (χ3v) is 6.38. The van der Waals surface area contributed by atoms with Crippen molar-refractivity contribution in [2.24, 2.45) is 17.8 Å². The van der Waals surface area contributed by atoms with Crippen molar-refractivity contribution in [1.29, 1.82) is 0 Å². The first-order valence-electron chi connectivity index (χ1n) is 11.8. The highest BCUT2D eigenvalue weighted by atomic mass is 16.4. The molecule has 0 amide bonds. The van der Waals surface area contributed by atoms with Crippen LogP contribution in [0, 0.1) is 17.8 Å². The summed E-state index contributed by atoms with van der Waals surface area (Å²) >= 11 is 0. The van der Waals surface area contributed by atoms with Crippen LogP contribution in [0.1, 0.15) is 98.8 Å². The maximum absolute atomic E-state index is 10.5. The molecule has 0 bridgehead atoms. The van der Waals surface area contributed by atoms with Crippen molar-refractivity contribution in [1.82, 2.24) is 0 Å². The highest BCUT2D eigenvalue weighted by molar-refractivity contribution is 5.28. The predicted molar refractivity (Wildman–Crippen MR) is 124 cm³/mol. The molecule has 0 radical (unpaired) electrons. The van der Waals surface area contributed by atoms with E-state index in [1.165, 1.54) is 62.7 Å². The fourth-order valence-electron chi connectivity index (χ4n) is 4.07. The lowest BCUT2D eigenvalue weighted by atomic mass is 9.86. The molecule has 0 saturated carbocycles. The number of aliphatic hydroxyl groups is 3. The van der Waals surface area contributed by atoms with Gasteiger partial charge in [0.05, 0.1) is 0 Å². The first-order valence-corrected chi connectivity index (χ1v) is 11.8. The second kappa shape index (κ2) is 13.3. The summed E-state index contributed by atoms with van der Waals surface area (Å²) in [6.45, 7) is 11.4. The van der Waals surface area contributed by atoms with E-state index in [1.54, 1.807) is 6.08 Å². The third-order valence-electron chi connectivity index (χ3n) is 6.38. The summed E-state index contributed by atoms with van der Waals surface area (Å²) in [7, 11) is 0. The van der Waals surface area contributed by atoms with Gasteiger partial charge in [0, 0.05) is 6.42 Å². The average Bonchev–Trinajstić information content (AvgIpc) is 2.64. The fraction of sp³-hybridized carbons (Fsp3) is 0.769. The Bertz CT molecular complexity index is 546. The van der Waals surface area contributed by atoms with Gasteiger partial charge in [0.1, 0.15) is 11.9 Å². The molecule has 3 nitrogen and oxygen atoms in total. The zero-order valence-corrected chi connectivity index (χ0v) is 19.5. The van der Waals surface area contributed by atoms with E-state index < -0.39 is 11.7 Å². The van der Waals surface area contributed by atoms with E-state index in [0.29, 0.717) is 0 Å². The first-order chi connectivity index (χ1) is 13.6. The molecular formula is C26H46O3. The molecule has 0 heterocycles. The van der Waals surface area contributed by atoms with Gasteiger partial charge in [0.25, 0.3) is 0 Å². The number of aliphatic hydroxyl groups excluding tert-OH is 2. The van der Waals surface area contributed by atoms with Crippen LogP contribution in [-0.4, -0.2) is 27.0 Å². The molecule has 29 heavy (non-hydrogen) atoms. The Morgan fingerprint density at radius 2 is 1.55 bits per heavy atom. The lowest BCUT2D eigenvalue weighted by Crippen LogP contribution is -2.44. The van der Waals surface area contributed by atoms with Gasteiger partial charge >= 0.3 is 0 Å². The lowest BCUT2D eigenvalue weighted by molar-refractivity contribution is -0.0493. The maximum atomic E-state index is 10.5. The van der Waals surface area contributed by atoms with Crippen LogP contribution in [0.5, 0.6) is 0 Å². The summed E-state index contributed by atoms with van der Waals surface area (Å²) in [5.74, 6) is 2.28. The largest absolute Gasteiger partial charge is 0.509 e. The molecule has 3 N–H and O–H groups in total. The highest BCUT2D eigenvalue weighted by Gasteiger charge is 2.38. The van der Waals surface area contributed by atoms with Gasteiger partial charge in [-0.05, 0) is 43.6 Å². The van der Waals surface area contributed by atoms with Gasteiger partial charge in [0.15, 0.2) is 5.60 Å². The Kier molecular flexibility index (Phi) is 11.9. The highest BCUT2D eigenvalue weighted by Crippen LogP contribution is 2.29. The van der Waals surface area contributed by atoms with Crippen molar-refractivity contribution in [3.05, 3.63) is 35.6 Å². The van der Waals surface area contributed by atoms with Gasteiger partial charge in [-0.2, -0.15) is 0 Å². The van der Waals surface area contributed by atoms with Crippen molar-refractivity contribution in [2.75, 3.05) is 0 Å². The molecule has 4 unspecified atom stereocenters. The Hall–Kier alpha value is -1.06.